The lowest BCUT2D eigenvalue weighted by Gasteiger charge is -2.11. The van der Waals surface area contributed by atoms with E-state index in [0.29, 0.717) is 18.1 Å². The van der Waals surface area contributed by atoms with Gasteiger partial charge in [0, 0.05) is 18.5 Å². The van der Waals surface area contributed by atoms with Crippen LogP contribution in [0.4, 0.5) is 5.69 Å². The summed E-state index contributed by atoms with van der Waals surface area (Å²) in [5, 5.41) is 5.81. The van der Waals surface area contributed by atoms with Crippen LogP contribution in [0.3, 0.4) is 0 Å². The number of carbonyl (C=O) groups excluding carboxylic acids is 1. The maximum absolute atomic E-state index is 11.9. The van der Waals surface area contributed by atoms with Gasteiger partial charge >= 0.3 is 0 Å². The molecule has 5 heteroatoms. The summed E-state index contributed by atoms with van der Waals surface area (Å²) in [4.78, 5) is 16.1. The van der Waals surface area contributed by atoms with Gasteiger partial charge in [-0.25, -0.2) is 4.98 Å². The Morgan fingerprint density at radius 1 is 1.23 bits per heavy atom. The minimum atomic E-state index is -0.103. The summed E-state index contributed by atoms with van der Waals surface area (Å²) in [6.07, 6.45) is 1.59. The first-order valence-electron chi connectivity index (χ1n) is 7.24. The first-order chi connectivity index (χ1) is 10.6. The molecule has 2 rings (SSSR count). The minimum absolute atomic E-state index is 0.0386. The van der Waals surface area contributed by atoms with Crippen LogP contribution >= 0.6 is 0 Å². The molecule has 1 aromatic carbocycles. The number of pyridine rings is 1. The molecular weight excluding hydrogens is 278 g/mol. The van der Waals surface area contributed by atoms with Crippen molar-refractivity contribution >= 4 is 11.6 Å². The average Bonchev–Trinajstić information content (AvgIpc) is 2.51. The number of rotatable bonds is 6. The van der Waals surface area contributed by atoms with Crippen molar-refractivity contribution in [2.45, 2.75) is 13.8 Å². The number of amides is 1. The maximum atomic E-state index is 11.9. The fourth-order valence-corrected chi connectivity index (χ4v) is 1.91. The number of nitrogens with zero attached hydrogens (tertiary/aromatic N) is 1. The number of benzene rings is 1. The molecule has 116 valence electrons. The number of nitrogens with one attached hydrogen (secondary N) is 2. The third-order valence-corrected chi connectivity index (χ3v) is 3.21. The molecule has 0 spiro atoms. The largest absolute Gasteiger partial charge is 0.439 e. The number of anilines is 1. The Kier molecular flexibility index (Phi) is 5.49. The molecule has 0 saturated carbocycles. The molecular formula is C17H21N3O2. The smallest absolute Gasteiger partial charge is 0.228 e. The quantitative estimate of drug-likeness (QED) is 0.861. The summed E-state index contributed by atoms with van der Waals surface area (Å²) in [6.45, 7) is 4.52. The van der Waals surface area contributed by atoms with E-state index in [1.165, 1.54) is 5.56 Å². The Morgan fingerprint density at radius 3 is 2.55 bits per heavy atom. The van der Waals surface area contributed by atoms with Gasteiger partial charge in [-0.1, -0.05) is 24.6 Å². The normalized spacial score (nSPS) is 11.8. The SMILES string of the molecule is CNCC(C)C(=O)Nc1ccc(Oc2ccc(C)cc2)nc1. The van der Waals surface area contributed by atoms with Crippen LogP contribution in [-0.2, 0) is 4.79 Å². The van der Waals surface area contributed by atoms with Crippen molar-refractivity contribution in [3.05, 3.63) is 48.2 Å². The molecule has 1 amide bonds. The molecule has 22 heavy (non-hydrogen) atoms. The third-order valence-electron chi connectivity index (χ3n) is 3.21. The van der Waals surface area contributed by atoms with Crippen LogP contribution in [0.1, 0.15) is 12.5 Å². The average molecular weight is 299 g/mol. The molecule has 0 aliphatic heterocycles. The van der Waals surface area contributed by atoms with E-state index in [4.69, 9.17) is 4.74 Å². The number of ether oxygens (including phenoxy) is 1. The zero-order chi connectivity index (χ0) is 15.9. The van der Waals surface area contributed by atoms with Crippen molar-refractivity contribution in [3.8, 4) is 11.6 Å². The summed E-state index contributed by atoms with van der Waals surface area (Å²) in [5.74, 6) is 1.08. The second kappa shape index (κ2) is 7.56. The number of aryl methyl sites for hydroxylation is 1. The molecule has 0 bridgehead atoms. The fourth-order valence-electron chi connectivity index (χ4n) is 1.91. The molecule has 1 heterocycles. The van der Waals surface area contributed by atoms with Crippen LogP contribution in [-0.4, -0.2) is 24.5 Å². The van der Waals surface area contributed by atoms with E-state index in [9.17, 15) is 4.79 Å². The number of hydrogen-bond donors (Lipinski definition) is 2. The van der Waals surface area contributed by atoms with E-state index in [2.05, 4.69) is 15.6 Å². The van der Waals surface area contributed by atoms with Gasteiger partial charge in [0.05, 0.1) is 11.9 Å². The lowest BCUT2D eigenvalue weighted by atomic mass is 10.1. The molecule has 0 saturated heterocycles. The van der Waals surface area contributed by atoms with E-state index >= 15 is 0 Å². The summed E-state index contributed by atoms with van der Waals surface area (Å²) in [5.41, 5.74) is 1.83. The van der Waals surface area contributed by atoms with Crippen LogP contribution in [0, 0.1) is 12.8 Å². The zero-order valence-corrected chi connectivity index (χ0v) is 13.1. The van der Waals surface area contributed by atoms with Gasteiger partial charge in [-0.05, 0) is 32.2 Å². The van der Waals surface area contributed by atoms with Crippen LogP contribution in [0.25, 0.3) is 0 Å². The molecule has 0 fully saturated rings. The molecule has 1 atom stereocenters. The molecule has 2 N–H and O–H groups in total. The predicted octanol–water partition coefficient (Wildman–Crippen LogP) is 2.98. The standard InChI is InChI=1S/C17H21N3O2/c1-12-4-7-15(8-5-12)22-16-9-6-14(11-19-16)20-17(21)13(2)10-18-3/h4-9,11,13,18H,10H2,1-3H3,(H,20,21). The Bertz CT molecular complexity index is 609. The van der Waals surface area contributed by atoms with Crippen molar-refractivity contribution in [3.63, 3.8) is 0 Å². The molecule has 0 aliphatic carbocycles. The Hall–Kier alpha value is -2.40. The molecule has 1 unspecified atom stereocenters. The molecule has 0 aliphatic rings. The second-order valence-electron chi connectivity index (χ2n) is 5.25. The first kappa shape index (κ1) is 16.0. The highest BCUT2D eigenvalue weighted by Gasteiger charge is 2.12. The highest BCUT2D eigenvalue weighted by atomic mass is 16.5. The van der Waals surface area contributed by atoms with Gasteiger partial charge in [0.15, 0.2) is 0 Å². The number of hydrogen-bond acceptors (Lipinski definition) is 4. The predicted molar refractivity (Wildman–Crippen MR) is 87.2 cm³/mol. The van der Waals surface area contributed by atoms with Crippen molar-refractivity contribution in [2.75, 3.05) is 18.9 Å². The summed E-state index contributed by atoms with van der Waals surface area (Å²) in [7, 11) is 1.82. The van der Waals surface area contributed by atoms with Crippen molar-refractivity contribution < 1.29 is 9.53 Å². The molecule has 2 aromatic rings. The Balaban J connectivity index is 1.95. The topological polar surface area (TPSA) is 63.2 Å². The lowest BCUT2D eigenvalue weighted by Crippen LogP contribution is -2.28. The van der Waals surface area contributed by atoms with Crippen LogP contribution in [0.15, 0.2) is 42.6 Å². The van der Waals surface area contributed by atoms with Gasteiger partial charge in [-0.15, -0.1) is 0 Å². The fraction of sp³-hybridized carbons (Fsp3) is 0.294. The Labute approximate surface area is 130 Å². The van der Waals surface area contributed by atoms with Crippen LogP contribution in [0.5, 0.6) is 11.6 Å². The maximum Gasteiger partial charge on any atom is 0.228 e. The second-order valence-corrected chi connectivity index (χ2v) is 5.25. The summed E-state index contributed by atoms with van der Waals surface area (Å²) >= 11 is 0. The Morgan fingerprint density at radius 2 is 1.95 bits per heavy atom. The van der Waals surface area contributed by atoms with E-state index in [1.807, 2.05) is 45.2 Å². The summed E-state index contributed by atoms with van der Waals surface area (Å²) in [6, 6.07) is 11.3. The first-order valence-corrected chi connectivity index (χ1v) is 7.24. The van der Waals surface area contributed by atoms with Gasteiger partial charge in [0.1, 0.15) is 5.75 Å². The van der Waals surface area contributed by atoms with Crippen LogP contribution < -0.4 is 15.4 Å². The number of carbonyl (C=O) groups is 1. The third kappa shape index (κ3) is 4.56. The van der Waals surface area contributed by atoms with E-state index in [0.717, 1.165) is 5.75 Å². The zero-order valence-electron chi connectivity index (χ0n) is 13.1. The molecule has 5 nitrogen and oxygen atoms in total. The summed E-state index contributed by atoms with van der Waals surface area (Å²) < 4.78 is 5.65. The van der Waals surface area contributed by atoms with E-state index < -0.39 is 0 Å². The van der Waals surface area contributed by atoms with Crippen molar-refractivity contribution in [1.29, 1.82) is 0 Å². The van der Waals surface area contributed by atoms with Crippen LogP contribution in [0.2, 0.25) is 0 Å². The number of aromatic nitrogens is 1. The van der Waals surface area contributed by atoms with Gasteiger partial charge in [-0.3, -0.25) is 4.79 Å². The van der Waals surface area contributed by atoms with Gasteiger partial charge in [0.2, 0.25) is 11.8 Å². The van der Waals surface area contributed by atoms with Gasteiger partial charge in [0.25, 0.3) is 0 Å². The minimum Gasteiger partial charge on any atom is -0.439 e. The highest BCUT2D eigenvalue weighted by Crippen LogP contribution is 2.20. The van der Waals surface area contributed by atoms with E-state index in [-0.39, 0.29) is 11.8 Å². The monoisotopic (exact) mass is 299 g/mol. The van der Waals surface area contributed by atoms with Gasteiger partial charge in [-0.2, -0.15) is 0 Å². The van der Waals surface area contributed by atoms with Crippen molar-refractivity contribution in [2.24, 2.45) is 5.92 Å². The highest BCUT2D eigenvalue weighted by molar-refractivity contribution is 5.92. The van der Waals surface area contributed by atoms with Crippen molar-refractivity contribution in [1.82, 2.24) is 10.3 Å². The molecule has 1 aromatic heterocycles. The van der Waals surface area contributed by atoms with E-state index in [1.54, 1.807) is 18.3 Å². The van der Waals surface area contributed by atoms with Gasteiger partial charge < -0.3 is 15.4 Å². The lowest BCUT2D eigenvalue weighted by molar-refractivity contribution is -0.119. The molecule has 0 radical (unpaired) electrons.